The Morgan fingerprint density at radius 1 is 1.03 bits per heavy atom. The molecule has 1 aliphatic rings. The first kappa shape index (κ1) is 53.4. The molecule has 1 saturated heterocycles. The van der Waals surface area contributed by atoms with Gasteiger partial charge in [-0.1, -0.05) is 13.8 Å². The maximum Gasteiger partial charge on any atom is 0.274 e. The summed E-state index contributed by atoms with van der Waals surface area (Å²) in [5.41, 5.74) is 19.8. The van der Waals surface area contributed by atoms with Gasteiger partial charge in [-0.05, 0) is 12.8 Å². The van der Waals surface area contributed by atoms with E-state index in [4.69, 9.17) is 27.7 Å². The second kappa shape index (κ2) is 23.3. The summed E-state index contributed by atoms with van der Waals surface area (Å²) in [5.74, 6) is -2.71. The third-order valence-electron chi connectivity index (χ3n) is 8.48. The van der Waals surface area contributed by atoms with E-state index >= 15 is 0 Å². The highest BCUT2D eigenvalue weighted by Crippen LogP contribution is 2.56. The number of aliphatic hydroxyl groups excluding tert-OH is 2. The van der Waals surface area contributed by atoms with Crippen molar-refractivity contribution < 1.29 is 85.3 Å². The Morgan fingerprint density at radius 2 is 1.71 bits per heavy atom. The number of nitrogens with zero attached hydrogens (tertiary/aromatic N) is 5. The van der Waals surface area contributed by atoms with Gasteiger partial charge in [0.2, 0.25) is 23.6 Å². The lowest BCUT2D eigenvalue weighted by Gasteiger charge is -2.36. The van der Waals surface area contributed by atoms with Gasteiger partial charge in [-0.25, -0.2) is 19.3 Å². The fourth-order valence-corrected chi connectivity index (χ4v) is 8.76. The van der Waals surface area contributed by atoms with Gasteiger partial charge in [0.05, 0.1) is 33.1 Å². The number of guanidine groups is 1. The lowest BCUT2D eigenvalue weighted by atomic mass is 9.87. The van der Waals surface area contributed by atoms with Gasteiger partial charge in [0.15, 0.2) is 23.7 Å². The highest BCUT2D eigenvalue weighted by atomic mass is 32.2. The summed E-state index contributed by atoms with van der Waals surface area (Å²) in [6, 6.07) is -0.922. The largest absolute Gasteiger partial charge is 0.790 e. The van der Waals surface area contributed by atoms with Crippen molar-refractivity contribution in [2.24, 2.45) is 27.6 Å². The quantitative estimate of drug-likeness (QED) is 0.0174. The number of hydrogen-bond acceptors (Lipinski definition) is 24. The number of nitrogens with two attached hydrogens (primary N) is 4. The van der Waals surface area contributed by atoms with Crippen molar-refractivity contribution in [3.63, 3.8) is 0 Å². The van der Waals surface area contributed by atoms with E-state index < -0.39 is 102 Å². The van der Waals surface area contributed by atoms with Crippen molar-refractivity contribution >= 4 is 81.8 Å². The molecule has 356 valence electrons. The molecule has 0 bridgehead atoms. The van der Waals surface area contributed by atoms with E-state index in [2.05, 4.69) is 53.8 Å². The first-order valence-corrected chi connectivity index (χ1v) is 23.8. The average molecular weight is 977 g/mol. The van der Waals surface area contributed by atoms with Gasteiger partial charge in [0.25, 0.3) is 15.6 Å². The van der Waals surface area contributed by atoms with Gasteiger partial charge in [-0.2, -0.15) is 11.8 Å². The van der Waals surface area contributed by atoms with Crippen molar-refractivity contribution in [1.82, 2.24) is 35.5 Å². The Morgan fingerprint density at radius 3 is 2.37 bits per heavy atom. The van der Waals surface area contributed by atoms with Gasteiger partial charge in [0.1, 0.15) is 42.3 Å². The molecule has 2 aromatic heterocycles. The maximum absolute atomic E-state index is 12.6. The zero-order chi connectivity index (χ0) is 47.3. The number of carbonyl (C=O) groups is 4. The van der Waals surface area contributed by atoms with E-state index in [-0.39, 0.29) is 61.2 Å². The number of thioether (sulfide) groups is 1. The van der Waals surface area contributed by atoms with Crippen molar-refractivity contribution in [3.05, 3.63) is 12.7 Å². The standard InChI is InChI=1S/C29H51N12O18P3S/c1-29(2,22(45)26(47)35-7-5-17(42)34-8-9-63-11-18(43)40-15(24(31)46)4-3-6-36-28(32)33)12-56-62(53,54)59-61(51,52)55-10-16-21(58-60(48,49)50)20(44)27(57-16)41-14-39-19-23(30)37-13-38-25(19)41/h13-16,20-22,27,44-45H,3-12H2,1-2H3,(H2,31,46)(H,34,42)(H,35,47)(H,40,43)(H,51,52)(H,53,54)(H2,30,37,38)(H4,32,33,36)(H2,48,49,50)/p-4/t15-,16+,20+,21+,22-,27+/m0/s1. The second-order valence-electron chi connectivity index (χ2n) is 14.0. The van der Waals surface area contributed by atoms with Gasteiger partial charge >= 0.3 is 0 Å². The van der Waals surface area contributed by atoms with Crippen molar-refractivity contribution in [2.45, 2.75) is 69.8 Å². The van der Waals surface area contributed by atoms with Crippen LogP contribution < -0.4 is 58.5 Å². The van der Waals surface area contributed by atoms with Crippen LogP contribution >= 0.6 is 35.2 Å². The highest BCUT2D eigenvalue weighted by Gasteiger charge is 2.47. The van der Waals surface area contributed by atoms with Crippen LogP contribution in [0.1, 0.15) is 39.3 Å². The van der Waals surface area contributed by atoms with Crippen LogP contribution in [-0.4, -0.2) is 134 Å². The summed E-state index contributed by atoms with van der Waals surface area (Å²) >= 11 is 1.15. The molecular formula is C29H47N12O18P3S-4. The number of hydrogen-bond donors (Lipinski definition) is 9. The molecule has 13 N–H and O–H groups in total. The van der Waals surface area contributed by atoms with E-state index in [9.17, 15) is 62.7 Å². The molecule has 1 fully saturated rings. The molecule has 3 rings (SSSR count). The molecule has 2 unspecified atom stereocenters. The van der Waals surface area contributed by atoms with Crippen LogP contribution in [0.4, 0.5) is 5.82 Å². The van der Waals surface area contributed by atoms with Gasteiger partial charge in [0, 0.05) is 37.2 Å². The summed E-state index contributed by atoms with van der Waals surface area (Å²) in [7, 11) is -17.7. The lowest BCUT2D eigenvalue weighted by molar-refractivity contribution is -0.347. The van der Waals surface area contributed by atoms with Gasteiger partial charge in [-0.3, -0.25) is 37.9 Å². The number of ether oxygens (including phenoxy) is 1. The normalized spacial score (nSPS) is 20.8. The van der Waals surface area contributed by atoms with Crippen molar-refractivity contribution in [3.8, 4) is 0 Å². The predicted molar refractivity (Wildman–Crippen MR) is 209 cm³/mol. The third-order valence-corrected chi connectivity index (χ3v) is 12.4. The van der Waals surface area contributed by atoms with Crippen LogP contribution in [0.3, 0.4) is 0 Å². The molecule has 0 aromatic carbocycles. The number of aliphatic imine (C=N–C) groups is 1. The Balaban J connectivity index is 1.41. The summed E-state index contributed by atoms with van der Waals surface area (Å²) in [4.78, 5) is 112. The Bertz CT molecular complexity index is 2090. The number of primary amides is 1. The number of nitrogens with one attached hydrogen (secondary N) is 3. The number of phosphoric acid groups is 3. The zero-order valence-corrected chi connectivity index (χ0v) is 36.9. The zero-order valence-electron chi connectivity index (χ0n) is 33.4. The van der Waals surface area contributed by atoms with Gasteiger partial charge < -0.3 is 91.5 Å². The minimum atomic E-state index is -5.94. The Kier molecular flexibility index (Phi) is 19.8. The van der Waals surface area contributed by atoms with Crippen LogP contribution in [0, 0.1) is 5.41 Å². The number of aromatic nitrogens is 4. The summed E-state index contributed by atoms with van der Waals surface area (Å²) in [6.45, 7) is 0.124. The number of anilines is 1. The molecule has 4 amide bonds. The Labute approximate surface area is 362 Å². The van der Waals surface area contributed by atoms with Crippen LogP contribution in [0.15, 0.2) is 17.6 Å². The monoisotopic (exact) mass is 976 g/mol. The lowest BCUT2D eigenvalue weighted by Crippen LogP contribution is -2.46. The minimum absolute atomic E-state index is 0.0307. The number of amides is 4. The highest BCUT2D eigenvalue weighted by molar-refractivity contribution is 7.99. The molecule has 0 aliphatic carbocycles. The molecule has 8 atom stereocenters. The van der Waals surface area contributed by atoms with Crippen LogP contribution in [-0.2, 0) is 55.5 Å². The number of carbonyl (C=O) groups excluding carboxylic acids is 4. The molecule has 63 heavy (non-hydrogen) atoms. The van der Waals surface area contributed by atoms with Crippen LogP contribution in [0.25, 0.3) is 11.2 Å². The number of rotatable bonds is 27. The first-order chi connectivity index (χ1) is 29.2. The van der Waals surface area contributed by atoms with Crippen LogP contribution in [0.5, 0.6) is 0 Å². The molecule has 30 nitrogen and oxygen atoms in total. The Hall–Kier alpha value is -3.90. The van der Waals surface area contributed by atoms with Crippen LogP contribution in [0.2, 0.25) is 0 Å². The molecule has 0 radical (unpaired) electrons. The molecule has 2 aromatic rings. The minimum Gasteiger partial charge on any atom is -0.790 e. The predicted octanol–water partition coefficient (Wildman–Crippen LogP) is -6.37. The molecule has 1 aliphatic heterocycles. The van der Waals surface area contributed by atoms with E-state index in [1.165, 1.54) is 13.8 Å². The number of phosphoric ester groups is 3. The maximum atomic E-state index is 12.6. The molecule has 0 saturated carbocycles. The topological polar surface area (TPSA) is 494 Å². The van der Waals surface area contributed by atoms with E-state index in [1.54, 1.807) is 0 Å². The molecular weight excluding hydrogens is 929 g/mol. The van der Waals surface area contributed by atoms with Gasteiger partial charge in [-0.15, -0.1) is 0 Å². The summed E-state index contributed by atoms with van der Waals surface area (Å²) in [6.07, 6.45) is -7.17. The molecule has 34 heteroatoms. The summed E-state index contributed by atoms with van der Waals surface area (Å²) < 4.78 is 60.6. The smallest absolute Gasteiger partial charge is 0.274 e. The number of imidazole rings is 1. The van der Waals surface area contributed by atoms with Crippen molar-refractivity contribution in [1.29, 1.82) is 0 Å². The second-order valence-corrected chi connectivity index (χ2v) is 19.2. The third kappa shape index (κ3) is 17.5. The van der Waals surface area contributed by atoms with E-state index in [0.717, 1.165) is 29.0 Å². The number of aliphatic hydroxyl groups is 2. The average Bonchev–Trinajstić information content (AvgIpc) is 3.73. The number of nitrogen functional groups attached to an aromatic ring is 1. The molecule has 3 heterocycles. The summed E-state index contributed by atoms with van der Waals surface area (Å²) in [5, 5.41) is 28.7. The first-order valence-electron chi connectivity index (χ1n) is 18.3. The SMILES string of the molecule is CC(C)(COP(=O)([O-])OP(=O)([O-])OC[C@H]1O[C@@H](n2cnc3c(N)ncnc32)[C@H](O)[C@@H]1OP(=O)([O-])[O-])[C@@H](O)C(=O)NCCC(=O)NCCSCC(=O)N[C@@H](CCCN=C(N)N)C(N)=O. The van der Waals surface area contributed by atoms with E-state index in [0.29, 0.717) is 12.2 Å². The van der Waals surface area contributed by atoms with E-state index in [1.807, 2.05) is 0 Å². The molecule has 0 spiro atoms. The van der Waals surface area contributed by atoms with Crippen molar-refractivity contribution in [2.75, 3.05) is 50.1 Å². The fraction of sp³-hybridized carbons (Fsp3) is 0.655. The number of fused-ring (bicyclic) bond motifs is 1. The fourth-order valence-electron chi connectivity index (χ4n) is 5.37.